The van der Waals surface area contributed by atoms with E-state index in [4.69, 9.17) is 0 Å². The molecule has 0 saturated carbocycles. The molecule has 0 spiro atoms. The number of nitrogens with one attached hydrogen (secondary N) is 1. The van der Waals surface area contributed by atoms with Crippen LogP contribution in [-0.4, -0.2) is 26.7 Å². The first-order chi connectivity index (χ1) is 10.9. The number of carbonyl (C=O) groups excluding carboxylic acids is 1. The quantitative estimate of drug-likeness (QED) is 0.865. The number of hydrogen-bond donors (Lipinski definition) is 1. The van der Waals surface area contributed by atoms with Crippen molar-refractivity contribution in [3.8, 4) is 0 Å². The Morgan fingerprint density at radius 1 is 1.26 bits per heavy atom. The van der Waals surface area contributed by atoms with Crippen molar-refractivity contribution < 1.29 is 13.2 Å². The fraction of sp³-hybridized carbons (Fsp3) is 0.500. The maximum Gasteiger partial charge on any atom is 0.286 e. The van der Waals surface area contributed by atoms with Crippen molar-refractivity contribution in [2.45, 2.75) is 51.3 Å². The number of anilines is 2. The fourth-order valence-corrected chi connectivity index (χ4v) is 3.85. The molecule has 6 nitrogen and oxygen atoms in total. The molecule has 2 rings (SSSR count). The predicted molar refractivity (Wildman–Crippen MR) is 92.5 cm³/mol. The molecule has 0 bridgehead atoms. The normalized spacial score (nSPS) is 15.8. The number of fused-ring (bicyclic) bond motifs is 1. The minimum atomic E-state index is -3.73. The second-order valence-electron chi connectivity index (χ2n) is 5.60. The van der Waals surface area contributed by atoms with E-state index < -0.39 is 10.0 Å². The Balaban J connectivity index is 2.51. The van der Waals surface area contributed by atoms with Gasteiger partial charge in [-0.2, -0.15) is 8.42 Å². The fourth-order valence-electron chi connectivity index (χ4n) is 2.57. The highest BCUT2D eigenvalue weighted by molar-refractivity contribution is 7.90. The summed E-state index contributed by atoms with van der Waals surface area (Å²) < 4.78 is 29.0. The number of nitrogens with zero attached hydrogens (tertiary/aromatic N) is 2. The lowest BCUT2D eigenvalue weighted by atomic mass is 10.2. The molecule has 0 radical (unpaired) electrons. The van der Waals surface area contributed by atoms with Crippen molar-refractivity contribution >= 4 is 33.1 Å². The summed E-state index contributed by atoms with van der Waals surface area (Å²) in [6, 6.07) is 4.96. The van der Waals surface area contributed by atoms with Gasteiger partial charge in [-0.3, -0.25) is 4.79 Å². The maximum absolute atomic E-state index is 12.5. The molecule has 1 heterocycles. The molecule has 0 fully saturated rings. The van der Waals surface area contributed by atoms with Crippen LogP contribution < -0.4 is 10.2 Å². The molecule has 1 aromatic rings. The minimum Gasteiger partial charge on any atom is -0.328 e. The molecule has 1 amide bonds. The molecular formula is C16H23N3O3S. The van der Waals surface area contributed by atoms with E-state index in [1.807, 2.05) is 11.8 Å². The molecule has 0 saturated heterocycles. The highest BCUT2D eigenvalue weighted by Crippen LogP contribution is 2.34. The van der Waals surface area contributed by atoms with E-state index in [0.717, 1.165) is 25.8 Å². The van der Waals surface area contributed by atoms with Gasteiger partial charge in [0.1, 0.15) is 10.7 Å². The second kappa shape index (κ2) is 7.12. The van der Waals surface area contributed by atoms with Crippen molar-refractivity contribution in [1.29, 1.82) is 0 Å². The van der Waals surface area contributed by atoms with Crippen molar-refractivity contribution in [3.05, 3.63) is 18.2 Å². The number of hydrogen-bond acceptors (Lipinski definition) is 4. The Bertz CT molecular complexity index is 726. The molecule has 0 aliphatic carbocycles. The van der Waals surface area contributed by atoms with E-state index in [2.05, 4.69) is 16.6 Å². The highest BCUT2D eigenvalue weighted by atomic mass is 32.2. The molecule has 1 aliphatic heterocycles. The first kappa shape index (κ1) is 17.5. The zero-order valence-electron chi connectivity index (χ0n) is 13.8. The van der Waals surface area contributed by atoms with Gasteiger partial charge in [0.25, 0.3) is 10.0 Å². The molecule has 7 heteroatoms. The highest BCUT2D eigenvalue weighted by Gasteiger charge is 2.30. The monoisotopic (exact) mass is 337 g/mol. The number of amidine groups is 1. The van der Waals surface area contributed by atoms with Gasteiger partial charge in [-0.1, -0.05) is 20.3 Å². The molecule has 0 unspecified atom stereocenters. The van der Waals surface area contributed by atoms with E-state index in [0.29, 0.717) is 23.6 Å². The number of amides is 1. The summed E-state index contributed by atoms with van der Waals surface area (Å²) in [4.78, 5) is 13.3. The molecule has 0 aromatic heterocycles. The van der Waals surface area contributed by atoms with Gasteiger partial charge in [0, 0.05) is 25.6 Å². The van der Waals surface area contributed by atoms with E-state index >= 15 is 0 Å². The largest absolute Gasteiger partial charge is 0.328 e. The van der Waals surface area contributed by atoms with Gasteiger partial charge >= 0.3 is 0 Å². The van der Waals surface area contributed by atoms with Crippen LogP contribution in [0, 0.1) is 0 Å². The molecule has 0 atom stereocenters. The van der Waals surface area contributed by atoms with Crippen LogP contribution in [-0.2, 0) is 14.8 Å². The molecule has 1 aromatic carbocycles. The van der Waals surface area contributed by atoms with Gasteiger partial charge in [0.2, 0.25) is 5.91 Å². The summed E-state index contributed by atoms with van der Waals surface area (Å²) in [5.41, 5.74) is 1.11. The zero-order valence-corrected chi connectivity index (χ0v) is 14.6. The van der Waals surface area contributed by atoms with Gasteiger partial charge in [-0.25, -0.2) is 0 Å². The lowest BCUT2D eigenvalue weighted by Crippen LogP contribution is -2.36. The first-order valence-corrected chi connectivity index (χ1v) is 9.36. The SMILES string of the molecule is CCCCN1C(CCC)=NS(=O)(=O)c2cc(NC(C)=O)ccc21. The third kappa shape index (κ3) is 3.90. The summed E-state index contributed by atoms with van der Waals surface area (Å²) in [5, 5.41) is 2.62. The Labute approximate surface area is 137 Å². The smallest absolute Gasteiger partial charge is 0.286 e. The lowest BCUT2D eigenvalue weighted by Gasteiger charge is -2.31. The van der Waals surface area contributed by atoms with E-state index in [1.54, 1.807) is 12.1 Å². The second-order valence-corrected chi connectivity index (χ2v) is 7.17. The topological polar surface area (TPSA) is 78.8 Å². The molecule has 23 heavy (non-hydrogen) atoms. The van der Waals surface area contributed by atoms with Crippen LogP contribution in [0.5, 0.6) is 0 Å². The van der Waals surface area contributed by atoms with Gasteiger partial charge in [-0.15, -0.1) is 4.40 Å². The summed E-state index contributed by atoms with van der Waals surface area (Å²) in [6.45, 7) is 6.22. The standard InChI is InChI=1S/C16H23N3O3S/c1-4-6-10-19-14-9-8-13(17-12(3)20)11-15(14)23(21,22)18-16(19)7-5-2/h8-9,11H,4-7,10H2,1-3H3,(H,17,20). The number of carbonyl (C=O) groups is 1. The summed E-state index contributed by atoms with van der Waals surface area (Å²) in [7, 11) is -3.73. The van der Waals surface area contributed by atoms with Crippen LogP contribution in [0.1, 0.15) is 46.5 Å². The first-order valence-electron chi connectivity index (χ1n) is 7.92. The third-order valence-electron chi connectivity index (χ3n) is 3.59. The summed E-state index contributed by atoms with van der Waals surface area (Å²) in [6.07, 6.45) is 3.42. The van der Waals surface area contributed by atoms with Crippen LogP contribution in [0.4, 0.5) is 11.4 Å². The van der Waals surface area contributed by atoms with Gasteiger partial charge in [-0.05, 0) is 31.0 Å². The number of rotatable bonds is 6. The maximum atomic E-state index is 12.5. The zero-order chi connectivity index (χ0) is 17.0. The van der Waals surface area contributed by atoms with Crippen molar-refractivity contribution in [1.82, 2.24) is 0 Å². The van der Waals surface area contributed by atoms with Crippen LogP contribution in [0.15, 0.2) is 27.5 Å². The lowest BCUT2D eigenvalue weighted by molar-refractivity contribution is -0.114. The average Bonchev–Trinajstić information content (AvgIpc) is 2.47. The van der Waals surface area contributed by atoms with Crippen molar-refractivity contribution in [3.63, 3.8) is 0 Å². The number of unbranched alkanes of at least 4 members (excludes halogenated alkanes) is 1. The Morgan fingerprint density at radius 2 is 2.00 bits per heavy atom. The van der Waals surface area contributed by atoms with Crippen LogP contribution in [0.25, 0.3) is 0 Å². The van der Waals surface area contributed by atoms with Crippen LogP contribution in [0.3, 0.4) is 0 Å². The summed E-state index contributed by atoms with van der Waals surface area (Å²) in [5.74, 6) is 0.358. The minimum absolute atomic E-state index is 0.153. The molecule has 1 aliphatic rings. The van der Waals surface area contributed by atoms with Crippen molar-refractivity contribution in [2.75, 3.05) is 16.8 Å². The summed E-state index contributed by atoms with van der Waals surface area (Å²) >= 11 is 0. The van der Waals surface area contributed by atoms with Crippen LogP contribution >= 0.6 is 0 Å². The van der Waals surface area contributed by atoms with Gasteiger partial charge in [0.15, 0.2) is 0 Å². The van der Waals surface area contributed by atoms with Crippen LogP contribution in [0.2, 0.25) is 0 Å². The van der Waals surface area contributed by atoms with E-state index in [-0.39, 0.29) is 10.8 Å². The van der Waals surface area contributed by atoms with Gasteiger partial charge in [0.05, 0.1) is 5.69 Å². The average molecular weight is 337 g/mol. The van der Waals surface area contributed by atoms with E-state index in [9.17, 15) is 13.2 Å². The Morgan fingerprint density at radius 3 is 2.61 bits per heavy atom. The molecule has 1 N–H and O–H groups in total. The predicted octanol–water partition coefficient (Wildman–Crippen LogP) is 3.15. The van der Waals surface area contributed by atoms with Crippen molar-refractivity contribution in [2.24, 2.45) is 4.40 Å². The molecule has 126 valence electrons. The number of benzene rings is 1. The van der Waals surface area contributed by atoms with E-state index in [1.165, 1.54) is 13.0 Å². The molecular weight excluding hydrogens is 314 g/mol. The number of sulfonamides is 1. The van der Waals surface area contributed by atoms with Gasteiger partial charge < -0.3 is 10.2 Å². The Hall–Kier alpha value is -1.89. The third-order valence-corrected chi connectivity index (χ3v) is 4.93. The Kier molecular flexibility index (Phi) is 5.41.